The number of hydrogen-bond acceptors (Lipinski definition) is 6. The van der Waals surface area contributed by atoms with E-state index in [0.29, 0.717) is 16.7 Å². The zero-order valence-corrected chi connectivity index (χ0v) is 12.1. The number of aliphatic hydroxyl groups is 1. The number of carbonyl (C=O) groups is 1. The summed E-state index contributed by atoms with van der Waals surface area (Å²) in [6, 6.07) is 1.72. The fraction of sp³-hybridized carbons (Fsp3) is 0.286. The Labute approximate surface area is 126 Å². The van der Waals surface area contributed by atoms with Crippen molar-refractivity contribution in [3.63, 3.8) is 0 Å². The van der Waals surface area contributed by atoms with Crippen molar-refractivity contribution in [2.24, 2.45) is 5.73 Å². The molecule has 0 radical (unpaired) electrons. The van der Waals surface area contributed by atoms with Gasteiger partial charge in [0.05, 0.1) is 11.8 Å². The highest BCUT2D eigenvalue weighted by atomic mass is 16.5. The first-order valence-electron chi connectivity index (χ1n) is 6.41. The Bertz CT molecular complexity index is 780. The monoisotopic (exact) mass is 301 g/mol. The lowest BCUT2D eigenvalue weighted by Gasteiger charge is -2.16. The van der Waals surface area contributed by atoms with Crippen LogP contribution in [0.1, 0.15) is 19.4 Å². The largest absolute Gasteiger partial charge is 0.474 e. The van der Waals surface area contributed by atoms with Crippen LogP contribution in [0.25, 0.3) is 17.2 Å². The van der Waals surface area contributed by atoms with Gasteiger partial charge in [-0.25, -0.2) is 9.97 Å². The molecule has 0 fully saturated rings. The normalized spacial score (nSPS) is 12.2. The zero-order valence-electron chi connectivity index (χ0n) is 12.1. The number of nitrogens with one attached hydrogen (secondary N) is 1. The number of nitriles is 1. The fourth-order valence-electron chi connectivity index (χ4n) is 1.64. The second-order valence-corrected chi connectivity index (χ2v) is 5.28. The van der Waals surface area contributed by atoms with Gasteiger partial charge in [0.2, 0.25) is 5.88 Å². The standard InChI is InChI=1S/C14H15N5O3/c1-14(2,21)7-22-10-6-18-13-11(19-10)9(5-17-13)3-8(4-15)12(16)20/h3,5-6,21H,7H2,1-2H3,(H2,16,20)(H,17,18). The number of nitrogens with two attached hydrogens (primary N) is 1. The van der Waals surface area contributed by atoms with E-state index in [1.807, 2.05) is 0 Å². The number of ether oxygens (including phenoxy) is 1. The number of carbonyl (C=O) groups excluding carboxylic acids is 1. The van der Waals surface area contributed by atoms with Crippen LogP contribution in [0.15, 0.2) is 18.0 Å². The first-order chi connectivity index (χ1) is 10.3. The molecular weight excluding hydrogens is 286 g/mol. The molecule has 0 bridgehead atoms. The van der Waals surface area contributed by atoms with Gasteiger partial charge in [0.1, 0.15) is 23.8 Å². The molecule has 0 unspecified atom stereocenters. The van der Waals surface area contributed by atoms with Gasteiger partial charge in [-0.2, -0.15) is 5.26 Å². The number of aromatic amines is 1. The Morgan fingerprint density at radius 3 is 2.95 bits per heavy atom. The van der Waals surface area contributed by atoms with Crippen LogP contribution in [0.5, 0.6) is 5.88 Å². The maximum absolute atomic E-state index is 11.1. The average molecular weight is 301 g/mol. The van der Waals surface area contributed by atoms with Gasteiger partial charge in [-0.05, 0) is 19.9 Å². The van der Waals surface area contributed by atoms with Crippen LogP contribution in [-0.2, 0) is 4.79 Å². The lowest BCUT2D eigenvalue weighted by molar-refractivity contribution is -0.114. The summed E-state index contributed by atoms with van der Waals surface area (Å²) >= 11 is 0. The Balaban J connectivity index is 2.38. The molecule has 22 heavy (non-hydrogen) atoms. The van der Waals surface area contributed by atoms with Gasteiger partial charge < -0.3 is 20.6 Å². The molecule has 0 aliphatic carbocycles. The van der Waals surface area contributed by atoms with Crippen LogP contribution in [0.3, 0.4) is 0 Å². The van der Waals surface area contributed by atoms with E-state index in [9.17, 15) is 9.90 Å². The van der Waals surface area contributed by atoms with Crippen LogP contribution in [0, 0.1) is 11.3 Å². The highest BCUT2D eigenvalue weighted by Gasteiger charge is 2.15. The maximum Gasteiger partial charge on any atom is 0.259 e. The lowest BCUT2D eigenvalue weighted by Crippen LogP contribution is -2.28. The highest BCUT2D eigenvalue weighted by molar-refractivity contribution is 6.02. The first kappa shape index (κ1) is 15.5. The molecule has 4 N–H and O–H groups in total. The number of fused-ring (bicyclic) bond motifs is 1. The second kappa shape index (κ2) is 5.83. The molecule has 2 heterocycles. The topological polar surface area (TPSA) is 138 Å². The smallest absolute Gasteiger partial charge is 0.259 e. The van der Waals surface area contributed by atoms with E-state index in [4.69, 9.17) is 15.7 Å². The molecule has 1 amide bonds. The molecule has 0 aliphatic rings. The Morgan fingerprint density at radius 2 is 2.36 bits per heavy atom. The van der Waals surface area contributed by atoms with Crippen LogP contribution in [-0.4, -0.2) is 38.2 Å². The van der Waals surface area contributed by atoms with Crippen molar-refractivity contribution < 1.29 is 14.6 Å². The fourth-order valence-corrected chi connectivity index (χ4v) is 1.64. The molecule has 0 saturated carbocycles. The zero-order chi connectivity index (χ0) is 16.3. The molecule has 2 aromatic rings. The van der Waals surface area contributed by atoms with E-state index in [-0.39, 0.29) is 18.1 Å². The molecule has 8 nitrogen and oxygen atoms in total. The van der Waals surface area contributed by atoms with Gasteiger partial charge in [-0.15, -0.1) is 0 Å². The minimum Gasteiger partial charge on any atom is -0.474 e. The Hall–Kier alpha value is -2.92. The summed E-state index contributed by atoms with van der Waals surface area (Å²) in [4.78, 5) is 22.4. The van der Waals surface area contributed by atoms with Crippen molar-refractivity contribution in [3.05, 3.63) is 23.5 Å². The van der Waals surface area contributed by atoms with Crippen molar-refractivity contribution in [2.75, 3.05) is 6.61 Å². The van der Waals surface area contributed by atoms with E-state index in [1.165, 1.54) is 12.3 Å². The summed E-state index contributed by atoms with van der Waals surface area (Å²) in [5, 5.41) is 18.5. The molecule has 0 atom stereocenters. The van der Waals surface area contributed by atoms with Gasteiger partial charge in [0, 0.05) is 11.8 Å². The number of H-pyrrole nitrogens is 1. The summed E-state index contributed by atoms with van der Waals surface area (Å²) in [6.07, 6.45) is 4.30. The van der Waals surface area contributed by atoms with E-state index in [0.717, 1.165) is 0 Å². The van der Waals surface area contributed by atoms with Gasteiger partial charge in [0.15, 0.2) is 5.65 Å². The number of aromatic nitrogens is 3. The molecule has 0 saturated heterocycles. The van der Waals surface area contributed by atoms with E-state index < -0.39 is 11.5 Å². The van der Waals surface area contributed by atoms with Gasteiger partial charge in [-0.3, -0.25) is 4.79 Å². The summed E-state index contributed by atoms with van der Waals surface area (Å²) in [5.74, 6) is -0.597. The van der Waals surface area contributed by atoms with Crippen molar-refractivity contribution in [1.29, 1.82) is 5.26 Å². The third-order valence-electron chi connectivity index (χ3n) is 2.65. The molecule has 0 spiro atoms. The van der Waals surface area contributed by atoms with Crippen molar-refractivity contribution in [3.8, 4) is 11.9 Å². The molecule has 0 aliphatic heterocycles. The summed E-state index contributed by atoms with van der Waals surface area (Å²) in [7, 11) is 0. The maximum atomic E-state index is 11.1. The molecule has 114 valence electrons. The quantitative estimate of drug-likeness (QED) is 0.543. The van der Waals surface area contributed by atoms with Gasteiger partial charge >= 0.3 is 0 Å². The molecule has 2 aromatic heterocycles. The number of primary amides is 1. The predicted octanol–water partition coefficient (Wildman–Crippen LogP) is 0.500. The highest BCUT2D eigenvalue weighted by Crippen LogP contribution is 2.20. The summed E-state index contributed by atoms with van der Waals surface area (Å²) in [6.45, 7) is 3.26. The van der Waals surface area contributed by atoms with Crippen molar-refractivity contribution in [2.45, 2.75) is 19.4 Å². The molecule has 2 rings (SSSR count). The Kier molecular flexibility index (Phi) is 4.10. The third-order valence-corrected chi connectivity index (χ3v) is 2.65. The van der Waals surface area contributed by atoms with Crippen LogP contribution in [0.2, 0.25) is 0 Å². The van der Waals surface area contributed by atoms with Crippen LogP contribution in [0.4, 0.5) is 0 Å². The molecule has 8 heteroatoms. The second-order valence-electron chi connectivity index (χ2n) is 5.28. The number of rotatable bonds is 5. The number of amides is 1. The van der Waals surface area contributed by atoms with Gasteiger partial charge in [0.25, 0.3) is 5.91 Å². The minimum absolute atomic E-state index is 0.0491. The minimum atomic E-state index is -1.00. The first-order valence-corrected chi connectivity index (χ1v) is 6.41. The number of hydrogen-bond donors (Lipinski definition) is 3. The van der Waals surface area contributed by atoms with Crippen molar-refractivity contribution >= 4 is 23.1 Å². The van der Waals surface area contributed by atoms with Gasteiger partial charge in [-0.1, -0.05) is 0 Å². The average Bonchev–Trinajstić information content (AvgIpc) is 2.83. The summed E-state index contributed by atoms with van der Waals surface area (Å²) < 4.78 is 5.37. The van der Waals surface area contributed by atoms with Crippen LogP contribution >= 0.6 is 0 Å². The SMILES string of the molecule is CC(C)(O)COc1cnc2[nH]cc(C=C(C#N)C(N)=O)c2n1. The molecule has 0 aromatic carbocycles. The van der Waals surface area contributed by atoms with E-state index >= 15 is 0 Å². The Morgan fingerprint density at radius 1 is 1.64 bits per heavy atom. The predicted molar refractivity (Wildman–Crippen MR) is 78.5 cm³/mol. The van der Waals surface area contributed by atoms with E-state index in [1.54, 1.807) is 26.1 Å². The number of nitrogens with zero attached hydrogens (tertiary/aromatic N) is 3. The third kappa shape index (κ3) is 3.59. The van der Waals surface area contributed by atoms with Crippen LogP contribution < -0.4 is 10.5 Å². The summed E-state index contributed by atoms with van der Waals surface area (Å²) in [5.41, 5.74) is 5.31. The lowest BCUT2D eigenvalue weighted by atomic mass is 10.2. The molecular formula is C14H15N5O3. The van der Waals surface area contributed by atoms with E-state index in [2.05, 4.69) is 15.0 Å². The van der Waals surface area contributed by atoms with Crippen molar-refractivity contribution in [1.82, 2.24) is 15.0 Å².